The first kappa shape index (κ1) is 37.2. The summed E-state index contributed by atoms with van der Waals surface area (Å²) in [7, 11) is 0. The molecule has 0 spiro atoms. The van der Waals surface area contributed by atoms with Gasteiger partial charge in [0.25, 0.3) is 0 Å². The maximum absolute atomic E-state index is 6.36. The third-order valence-electron chi connectivity index (χ3n) is 9.66. The number of aromatic nitrogens is 2. The van der Waals surface area contributed by atoms with E-state index in [0.29, 0.717) is 11.5 Å². The van der Waals surface area contributed by atoms with Crippen molar-refractivity contribution < 1.29 is 9.47 Å². The van der Waals surface area contributed by atoms with Gasteiger partial charge in [0.1, 0.15) is 28.7 Å². The van der Waals surface area contributed by atoms with Gasteiger partial charge in [-0.05, 0) is 101 Å². The Balaban J connectivity index is 0.888. The molecule has 2 aliphatic heterocycles. The highest BCUT2D eigenvalue weighted by Crippen LogP contribution is 2.34. The molecule has 1 aromatic heterocycles. The SMILES string of the molecule is C(#Cc1ccnc(C#Cc2ccc(C=C3C=C(c4ccccc4)OC(c4ccccc4)=C3)cc2)n1)c1ccc(C=C2C=C(c3ccccc3)OC(c3ccccc3)=C2)cc1. The Morgan fingerprint density at radius 2 is 0.733 bits per heavy atom. The summed E-state index contributed by atoms with van der Waals surface area (Å²) in [5.74, 6) is 16.4. The summed E-state index contributed by atoms with van der Waals surface area (Å²) in [6, 6.07) is 58.7. The Morgan fingerprint density at radius 3 is 1.12 bits per heavy atom. The van der Waals surface area contributed by atoms with Crippen LogP contribution < -0.4 is 0 Å². The summed E-state index contributed by atoms with van der Waals surface area (Å²) in [5.41, 5.74) is 10.6. The van der Waals surface area contributed by atoms with Crippen molar-refractivity contribution in [2.45, 2.75) is 0 Å². The minimum atomic E-state index is 0.414. The predicted octanol–water partition coefficient (Wildman–Crippen LogP) is 12.3. The Bertz CT molecular complexity index is 2650. The highest BCUT2D eigenvalue weighted by Gasteiger charge is 2.16. The Labute approximate surface area is 350 Å². The molecule has 4 nitrogen and oxygen atoms in total. The van der Waals surface area contributed by atoms with Gasteiger partial charge >= 0.3 is 0 Å². The molecular formula is C56H36N2O2. The van der Waals surface area contributed by atoms with E-state index in [1.165, 1.54) is 0 Å². The van der Waals surface area contributed by atoms with E-state index in [9.17, 15) is 0 Å². The average Bonchev–Trinajstić information content (AvgIpc) is 3.32. The minimum absolute atomic E-state index is 0.414. The van der Waals surface area contributed by atoms with Crippen LogP contribution in [0.2, 0.25) is 0 Å². The predicted molar refractivity (Wildman–Crippen MR) is 243 cm³/mol. The van der Waals surface area contributed by atoms with Gasteiger partial charge in [-0.15, -0.1) is 0 Å². The fraction of sp³-hybridized carbons (Fsp3) is 0. The third-order valence-corrected chi connectivity index (χ3v) is 9.66. The third kappa shape index (κ3) is 9.39. The number of rotatable bonds is 6. The van der Waals surface area contributed by atoms with Gasteiger partial charge in [0.2, 0.25) is 5.82 Å². The van der Waals surface area contributed by atoms with Crippen LogP contribution in [0.1, 0.15) is 56.0 Å². The largest absolute Gasteiger partial charge is 0.456 e. The number of benzene rings is 6. The highest BCUT2D eigenvalue weighted by atomic mass is 16.5. The number of hydrogen-bond donors (Lipinski definition) is 0. The lowest BCUT2D eigenvalue weighted by Gasteiger charge is -2.19. The van der Waals surface area contributed by atoms with E-state index in [-0.39, 0.29) is 0 Å². The van der Waals surface area contributed by atoms with Crippen LogP contribution in [-0.4, -0.2) is 9.97 Å². The van der Waals surface area contributed by atoms with Crippen molar-refractivity contribution in [3.05, 3.63) is 274 Å². The van der Waals surface area contributed by atoms with E-state index in [0.717, 1.165) is 78.7 Å². The van der Waals surface area contributed by atoms with Crippen molar-refractivity contribution in [2.24, 2.45) is 0 Å². The van der Waals surface area contributed by atoms with E-state index < -0.39 is 0 Å². The fourth-order valence-corrected chi connectivity index (χ4v) is 6.65. The number of ether oxygens (including phenoxy) is 2. The van der Waals surface area contributed by atoms with Gasteiger partial charge in [-0.25, -0.2) is 9.97 Å². The molecular weight excluding hydrogens is 733 g/mol. The summed E-state index contributed by atoms with van der Waals surface area (Å²) >= 11 is 0. The Kier molecular flexibility index (Phi) is 11.0. The van der Waals surface area contributed by atoms with Crippen molar-refractivity contribution in [3.8, 4) is 23.7 Å². The molecule has 6 aromatic carbocycles. The summed E-state index contributed by atoms with van der Waals surface area (Å²) < 4.78 is 12.7. The molecule has 0 fully saturated rings. The molecule has 0 radical (unpaired) electrons. The van der Waals surface area contributed by atoms with Crippen molar-refractivity contribution in [3.63, 3.8) is 0 Å². The molecule has 0 atom stereocenters. The van der Waals surface area contributed by atoms with Crippen LogP contribution >= 0.6 is 0 Å². The van der Waals surface area contributed by atoms with Gasteiger partial charge in [0.15, 0.2) is 0 Å². The van der Waals surface area contributed by atoms with Crippen molar-refractivity contribution in [2.75, 3.05) is 0 Å². The van der Waals surface area contributed by atoms with Gasteiger partial charge in [-0.1, -0.05) is 157 Å². The van der Waals surface area contributed by atoms with Gasteiger partial charge < -0.3 is 9.47 Å². The molecule has 4 heteroatoms. The van der Waals surface area contributed by atoms with Crippen LogP contribution in [0.5, 0.6) is 0 Å². The molecule has 3 heterocycles. The molecule has 0 N–H and O–H groups in total. The maximum Gasteiger partial charge on any atom is 0.206 e. The quantitative estimate of drug-likeness (QED) is 0.158. The highest BCUT2D eigenvalue weighted by molar-refractivity contribution is 5.82. The molecule has 0 bridgehead atoms. The molecule has 2 aliphatic rings. The number of allylic oxidation sites excluding steroid dienone is 6. The van der Waals surface area contributed by atoms with E-state index >= 15 is 0 Å². The molecule has 9 rings (SSSR count). The molecule has 0 saturated heterocycles. The first-order valence-corrected chi connectivity index (χ1v) is 19.6. The summed E-state index contributed by atoms with van der Waals surface area (Å²) in [6.45, 7) is 0. The van der Waals surface area contributed by atoms with Crippen LogP contribution in [0, 0.1) is 23.7 Å². The van der Waals surface area contributed by atoms with Crippen LogP contribution in [-0.2, 0) is 9.47 Å². The minimum Gasteiger partial charge on any atom is -0.456 e. The summed E-state index contributed by atoms with van der Waals surface area (Å²) in [5, 5.41) is 0. The molecule has 0 amide bonds. The van der Waals surface area contributed by atoms with Gasteiger partial charge in [-0.2, -0.15) is 0 Å². The molecule has 0 saturated carbocycles. The standard InChI is InChI=1S/C56H36N2O2/c1-5-13-47(14-6-1)52-37-45(38-53(59-52)48-15-7-2-8-16-48)35-43-25-21-41(22-26-43)29-31-51-33-34-57-56(58-51)32-30-42-23-27-44(28-24-42)36-46-39-54(49-17-9-3-10-18-49)60-55(40-46)50-19-11-4-12-20-50/h1-28,33-40H. The lowest BCUT2D eigenvalue weighted by Crippen LogP contribution is -1.99. The van der Waals surface area contributed by atoms with Gasteiger partial charge in [-0.3, -0.25) is 0 Å². The second kappa shape index (κ2) is 17.8. The first-order valence-electron chi connectivity index (χ1n) is 19.6. The van der Waals surface area contributed by atoms with E-state index in [1.807, 2.05) is 97.1 Å². The average molecular weight is 769 g/mol. The lowest BCUT2D eigenvalue weighted by molar-refractivity contribution is 0.466. The number of nitrogens with zero attached hydrogens (tertiary/aromatic N) is 2. The topological polar surface area (TPSA) is 44.2 Å². The zero-order valence-electron chi connectivity index (χ0n) is 32.5. The second-order valence-corrected chi connectivity index (χ2v) is 14.0. The van der Waals surface area contributed by atoms with Crippen molar-refractivity contribution in [1.29, 1.82) is 0 Å². The van der Waals surface area contributed by atoms with E-state index in [4.69, 9.17) is 9.47 Å². The van der Waals surface area contributed by atoms with Crippen LogP contribution in [0.4, 0.5) is 0 Å². The van der Waals surface area contributed by atoms with Crippen LogP contribution in [0.15, 0.2) is 218 Å². The van der Waals surface area contributed by atoms with E-state index in [1.54, 1.807) is 12.3 Å². The van der Waals surface area contributed by atoms with Gasteiger partial charge in [0, 0.05) is 39.6 Å². The maximum atomic E-state index is 6.36. The normalized spacial score (nSPS) is 13.0. The molecule has 60 heavy (non-hydrogen) atoms. The Hall–Kier alpha value is -8.44. The lowest BCUT2D eigenvalue weighted by atomic mass is 10.0. The van der Waals surface area contributed by atoms with E-state index in [2.05, 4.69) is 143 Å². The Morgan fingerprint density at radius 1 is 0.367 bits per heavy atom. The van der Waals surface area contributed by atoms with Crippen LogP contribution in [0.3, 0.4) is 0 Å². The monoisotopic (exact) mass is 768 g/mol. The molecule has 282 valence electrons. The van der Waals surface area contributed by atoms with Crippen LogP contribution in [0.25, 0.3) is 35.2 Å². The fourth-order valence-electron chi connectivity index (χ4n) is 6.65. The molecule has 0 unspecified atom stereocenters. The van der Waals surface area contributed by atoms with Gasteiger partial charge in [0.05, 0.1) is 0 Å². The summed E-state index contributed by atoms with van der Waals surface area (Å²) in [4.78, 5) is 8.97. The zero-order chi connectivity index (χ0) is 40.4. The molecule has 7 aromatic rings. The smallest absolute Gasteiger partial charge is 0.206 e. The zero-order valence-corrected chi connectivity index (χ0v) is 32.5. The molecule has 0 aliphatic carbocycles. The first-order chi connectivity index (χ1) is 29.7. The van der Waals surface area contributed by atoms with Crippen molar-refractivity contribution >= 4 is 35.2 Å². The number of hydrogen-bond acceptors (Lipinski definition) is 4. The second-order valence-electron chi connectivity index (χ2n) is 14.0. The summed E-state index contributed by atoms with van der Waals surface area (Å²) in [6.07, 6.45) is 14.3. The van der Waals surface area contributed by atoms with Crippen molar-refractivity contribution in [1.82, 2.24) is 9.97 Å².